The second kappa shape index (κ2) is 10.0. The molecule has 27 heavy (non-hydrogen) atoms. The maximum absolute atomic E-state index is 12.4. The maximum Gasteiger partial charge on any atom is 0.573 e. The Morgan fingerprint density at radius 1 is 1.15 bits per heavy atom. The highest BCUT2D eigenvalue weighted by atomic mass is 19.4. The minimum atomic E-state index is -4.79. The van der Waals surface area contributed by atoms with Gasteiger partial charge in [-0.1, -0.05) is 24.6 Å². The molecule has 0 bridgehead atoms. The number of rotatable bonds is 7. The van der Waals surface area contributed by atoms with E-state index in [2.05, 4.69) is 15.4 Å². The van der Waals surface area contributed by atoms with Crippen molar-refractivity contribution in [3.8, 4) is 5.75 Å². The summed E-state index contributed by atoms with van der Waals surface area (Å²) in [5.74, 6) is -0.191. The molecule has 150 valence electrons. The Balaban J connectivity index is 1.70. The number of carbonyl (C=O) groups excluding carboxylic acids is 2. The van der Waals surface area contributed by atoms with Gasteiger partial charge < -0.3 is 20.3 Å². The van der Waals surface area contributed by atoms with Crippen molar-refractivity contribution < 1.29 is 27.5 Å². The first-order chi connectivity index (χ1) is 12.8. The number of hydrogen-bond acceptors (Lipinski definition) is 3. The van der Waals surface area contributed by atoms with Gasteiger partial charge in [0.1, 0.15) is 5.75 Å². The molecule has 0 unspecified atom stereocenters. The summed E-state index contributed by atoms with van der Waals surface area (Å²) >= 11 is 0. The third-order valence-corrected chi connectivity index (χ3v) is 4.20. The zero-order valence-corrected chi connectivity index (χ0v) is 15.0. The van der Waals surface area contributed by atoms with E-state index in [-0.39, 0.29) is 23.8 Å². The molecular weight excluding hydrogens is 363 g/mol. The number of urea groups is 1. The number of hydrogen-bond donors (Lipinski definition) is 2. The van der Waals surface area contributed by atoms with E-state index in [4.69, 9.17) is 0 Å². The van der Waals surface area contributed by atoms with E-state index in [0.29, 0.717) is 25.9 Å². The first-order valence-electron chi connectivity index (χ1n) is 8.98. The van der Waals surface area contributed by atoms with E-state index in [0.717, 1.165) is 25.8 Å². The van der Waals surface area contributed by atoms with Crippen LogP contribution in [-0.2, 0) is 11.3 Å². The van der Waals surface area contributed by atoms with E-state index < -0.39 is 12.4 Å². The van der Waals surface area contributed by atoms with Gasteiger partial charge in [-0.2, -0.15) is 0 Å². The van der Waals surface area contributed by atoms with Crippen molar-refractivity contribution in [2.75, 3.05) is 19.6 Å². The van der Waals surface area contributed by atoms with Crippen LogP contribution in [0.4, 0.5) is 18.0 Å². The molecule has 1 fully saturated rings. The maximum atomic E-state index is 12.4. The first kappa shape index (κ1) is 20.9. The predicted molar refractivity (Wildman–Crippen MR) is 93.0 cm³/mol. The summed E-state index contributed by atoms with van der Waals surface area (Å²) < 4.78 is 41.1. The lowest BCUT2D eigenvalue weighted by Gasteiger charge is -2.20. The smallest absolute Gasteiger partial charge is 0.405 e. The molecule has 6 nitrogen and oxygen atoms in total. The third kappa shape index (κ3) is 7.76. The number of nitrogens with one attached hydrogen (secondary N) is 2. The van der Waals surface area contributed by atoms with Crippen molar-refractivity contribution in [1.82, 2.24) is 15.5 Å². The van der Waals surface area contributed by atoms with Crippen LogP contribution < -0.4 is 15.4 Å². The topological polar surface area (TPSA) is 70.7 Å². The van der Waals surface area contributed by atoms with Gasteiger partial charge in [0.25, 0.3) is 0 Å². The lowest BCUT2D eigenvalue weighted by molar-refractivity contribution is -0.274. The Morgan fingerprint density at radius 3 is 2.70 bits per heavy atom. The molecule has 1 aliphatic heterocycles. The van der Waals surface area contributed by atoms with Gasteiger partial charge in [-0.3, -0.25) is 4.79 Å². The molecular formula is C18H24F3N3O3. The molecule has 0 saturated carbocycles. The molecule has 0 atom stereocenters. The minimum absolute atomic E-state index is 0.0945. The third-order valence-electron chi connectivity index (χ3n) is 4.20. The quantitative estimate of drug-likeness (QED) is 0.706. The van der Waals surface area contributed by atoms with Gasteiger partial charge in [-0.15, -0.1) is 13.2 Å². The molecule has 0 spiro atoms. The van der Waals surface area contributed by atoms with Crippen LogP contribution in [0.3, 0.4) is 0 Å². The van der Waals surface area contributed by atoms with Gasteiger partial charge >= 0.3 is 12.4 Å². The van der Waals surface area contributed by atoms with Gasteiger partial charge in [-0.05, 0) is 25.3 Å². The Hall–Kier alpha value is -2.45. The molecule has 0 radical (unpaired) electrons. The number of benzene rings is 1. The lowest BCUT2D eigenvalue weighted by atomic mass is 10.2. The molecule has 1 aliphatic rings. The monoisotopic (exact) mass is 387 g/mol. The lowest BCUT2D eigenvalue weighted by Crippen LogP contribution is -2.38. The van der Waals surface area contributed by atoms with Gasteiger partial charge in [0, 0.05) is 38.2 Å². The van der Waals surface area contributed by atoms with Crippen molar-refractivity contribution in [3.05, 3.63) is 29.8 Å². The molecule has 0 aromatic heterocycles. The van der Waals surface area contributed by atoms with Crippen LogP contribution in [0.15, 0.2) is 24.3 Å². The number of carbonyl (C=O) groups is 2. The number of amides is 3. The largest absolute Gasteiger partial charge is 0.573 e. The highest BCUT2D eigenvalue weighted by Gasteiger charge is 2.31. The van der Waals surface area contributed by atoms with Gasteiger partial charge in [-0.25, -0.2) is 4.79 Å². The Morgan fingerprint density at radius 2 is 1.93 bits per heavy atom. The SMILES string of the molecule is O=C(NCCCN1CCCCCC1=O)NCc1ccccc1OC(F)(F)F. The summed E-state index contributed by atoms with van der Waals surface area (Å²) in [6.07, 6.45) is -0.611. The molecule has 2 rings (SSSR count). The molecule has 1 aromatic rings. The van der Waals surface area contributed by atoms with Crippen LogP contribution in [-0.4, -0.2) is 42.8 Å². The fourth-order valence-electron chi connectivity index (χ4n) is 2.86. The Bertz CT molecular complexity index is 638. The number of ether oxygens (including phenoxy) is 1. The number of likely N-dealkylation sites (tertiary alicyclic amines) is 1. The molecule has 0 aliphatic carbocycles. The van der Waals surface area contributed by atoms with Gasteiger partial charge in [0.05, 0.1) is 0 Å². The minimum Gasteiger partial charge on any atom is -0.405 e. The zero-order valence-electron chi connectivity index (χ0n) is 15.0. The van der Waals surface area contributed by atoms with Gasteiger partial charge in [0.15, 0.2) is 0 Å². The molecule has 9 heteroatoms. The van der Waals surface area contributed by atoms with Crippen molar-refractivity contribution in [2.45, 2.75) is 45.0 Å². The molecule has 3 amide bonds. The summed E-state index contributed by atoms with van der Waals surface area (Å²) in [6, 6.07) is 5.15. The van der Waals surface area contributed by atoms with Crippen molar-refractivity contribution in [3.63, 3.8) is 0 Å². The van der Waals surface area contributed by atoms with E-state index in [1.54, 1.807) is 6.07 Å². The van der Waals surface area contributed by atoms with Crippen LogP contribution in [0, 0.1) is 0 Å². The molecule has 1 heterocycles. The molecule has 2 N–H and O–H groups in total. The second-order valence-corrected chi connectivity index (χ2v) is 6.31. The summed E-state index contributed by atoms with van der Waals surface area (Å²) in [4.78, 5) is 25.5. The fraction of sp³-hybridized carbons (Fsp3) is 0.556. The van der Waals surface area contributed by atoms with Crippen molar-refractivity contribution in [2.24, 2.45) is 0 Å². The van der Waals surface area contributed by atoms with E-state index in [1.165, 1.54) is 18.2 Å². The Labute approximate surface area is 156 Å². The normalized spacial score (nSPS) is 15.2. The highest BCUT2D eigenvalue weighted by molar-refractivity contribution is 5.76. The number of nitrogens with zero attached hydrogens (tertiary/aromatic N) is 1. The van der Waals surface area contributed by atoms with E-state index >= 15 is 0 Å². The van der Waals surface area contributed by atoms with Crippen LogP contribution in [0.5, 0.6) is 5.75 Å². The first-order valence-corrected chi connectivity index (χ1v) is 8.98. The van der Waals surface area contributed by atoms with Crippen LogP contribution in [0.2, 0.25) is 0 Å². The average Bonchev–Trinajstić information content (AvgIpc) is 2.81. The number of alkyl halides is 3. The standard InChI is InChI=1S/C18H24F3N3O3/c19-18(20,21)27-15-8-4-3-7-14(15)13-23-17(26)22-10-6-12-24-11-5-1-2-9-16(24)25/h3-4,7-8H,1-2,5-6,9-13H2,(H2,22,23,26). The van der Waals surface area contributed by atoms with Crippen LogP contribution in [0.1, 0.15) is 37.7 Å². The van der Waals surface area contributed by atoms with Crippen molar-refractivity contribution in [1.29, 1.82) is 0 Å². The second-order valence-electron chi connectivity index (χ2n) is 6.31. The highest BCUT2D eigenvalue weighted by Crippen LogP contribution is 2.26. The zero-order chi connectivity index (χ0) is 19.7. The predicted octanol–water partition coefficient (Wildman–Crippen LogP) is 3.18. The summed E-state index contributed by atoms with van der Waals surface area (Å²) in [5.41, 5.74) is 0.222. The fourth-order valence-corrected chi connectivity index (χ4v) is 2.86. The summed E-state index contributed by atoms with van der Waals surface area (Å²) in [5, 5.41) is 5.14. The number of para-hydroxylation sites is 1. The number of halogens is 3. The van der Waals surface area contributed by atoms with Crippen molar-refractivity contribution >= 4 is 11.9 Å². The average molecular weight is 387 g/mol. The van der Waals surface area contributed by atoms with Crippen LogP contribution in [0.25, 0.3) is 0 Å². The van der Waals surface area contributed by atoms with Crippen LogP contribution >= 0.6 is 0 Å². The van der Waals surface area contributed by atoms with Gasteiger partial charge in [0.2, 0.25) is 5.91 Å². The summed E-state index contributed by atoms with van der Waals surface area (Å²) in [6.45, 7) is 1.61. The van der Waals surface area contributed by atoms with E-state index in [9.17, 15) is 22.8 Å². The Kier molecular flexibility index (Phi) is 7.75. The van der Waals surface area contributed by atoms with E-state index in [1.807, 2.05) is 4.90 Å². The summed E-state index contributed by atoms with van der Waals surface area (Å²) in [7, 11) is 0. The molecule has 1 aromatic carbocycles. The molecule has 1 saturated heterocycles.